The van der Waals surface area contributed by atoms with Crippen LogP contribution in [0.4, 0.5) is 5.69 Å². The van der Waals surface area contributed by atoms with E-state index in [2.05, 4.69) is 23.3 Å². The average molecular weight is 278 g/mol. The van der Waals surface area contributed by atoms with Crippen molar-refractivity contribution in [3.05, 3.63) is 45.4 Å². The summed E-state index contributed by atoms with van der Waals surface area (Å²) in [6.45, 7) is 2.09. The molecule has 2 rings (SSSR count). The summed E-state index contributed by atoms with van der Waals surface area (Å²) in [6.07, 6.45) is 2.72. The van der Waals surface area contributed by atoms with E-state index in [9.17, 15) is 0 Å². The monoisotopic (exact) mass is 277 g/mol. The van der Waals surface area contributed by atoms with E-state index in [4.69, 9.17) is 16.9 Å². The maximum Gasteiger partial charge on any atom is 0.115 e. The fourth-order valence-electron chi connectivity index (χ4n) is 1.63. The van der Waals surface area contributed by atoms with Gasteiger partial charge in [0.2, 0.25) is 0 Å². The Hall–Kier alpha value is -1.57. The van der Waals surface area contributed by atoms with Gasteiger partial charge in [0.15, 0.2) is 0 Å². The minimum atomic E-state index is 0.149. The van der Waals surface area contributed by atoms with Crippen molar-refractivity contribution in [2.75, 3.05) is 5.32 Å². The third kappa shape index (κ3) is 2.81. The molecule has 1 atom stereocenters. The van der Waals surface area contributed by atoms with Gasteiger partial charge in [-0.15, -0.1) is 11.3 Å². The Labute approximate surface area is 115 Å². The van der Waals surface area contributed by atoms with Gasteiger partial charge in [-0.05, 0) is 24.6 Å². The van der Waals surface area contributed by atoms with Crippen LogP contribution in [0.1, 0.15) is 30.0 Å². The molecular formula is C13H12ClN3S. The minimum absolute atomic E-state index is 0.149. The van der Waals surface area contributed by atoms with E-state index in [1.807, 2.05) is 11.4 Å². The molecule has 0 aliphatic heterocycles. The van der Waals surface area contributed by atoms with Gasteiger partial charge in [-0.1, -0.05) is 18.5 Å². The maximum absolute atomic E-state index is 8.79. The minimum Gasteiger partial charge on any atom is -0.375 e. The van der Waals surface area contributed by atoms with Gasteiger partial charge in [-0.25, -0.2) is 4.98 Å². The number of anilines is 1. The Morgan fingerprint density at radius 2 is 2.39 bits per heavy atom. The van der Waals surface area contributed by atoms with Crippen LogP contribution in [-0.2, 0) is 0 Å². The Bertz CT molecular complexity index is 560. The number of nitrogens with zero attached hydrogens (tertiary/aromatic N) is 2. The zero-order valence-corrected chi connectivity index (χ0v) is 11.4. The smallest absolute Gasteiger partial charge is 0.115 e. The van der Waals surface area contributed by atoms with E-state index < -0.39 is 0 Å². The second kappa shape index (κ2) is 5.85. The lowest BCUT2D eigenvalue weighted by atomic mass is 10.2. The molecule has 0 bridgehead atoms. The van der Waals surface area contributed by atoms with Crippen LogP contribution < -0.4 is 5.32 Å². The van der Waals surface area contributed by atoms with Crippen LogP contribution in [-0.4, -0.2) is 4.98 Å². The highest BCUT2D eigenvalue weighted by atomic mass is 35.5. The summed E-state index contributed by atoms with van der Waals surface area (Å²) in [7, 11) is 0. The highest BCUT2D eigenvalue weighted by molar-refractivity contribution is 7.09. The molecule has 0 saturated heterocycles. The molecule has 92 valence electrons. The van der Waals surface area contributed by atoms with Crippen LogP contribution in [0.2, 0.25) is 5.02 Å². The van der Waals surface area contributed by atoms with Crippen molar-refractivity contribution in [2.45, 2.75) is 19.4 Å². The maximum atomic E-state index is 8.79. The quantitative estimate of drug-likeness (QED) is 0.910. The number of aromatic nitrogens is 1. The molecule has 1 heterocycles. The zero-order chi connectivity index (χ0) is 13.0. The number of thiazole rings is 1. The third-order valence-corrected chi connectivity index (χ3v) is 3.79. The van der Waals surface area contributed by atoms with Crippen LogP contribution in [0.15, 0.2) is 29.8 Å². The normalized spacial score (nSPS) is 11.8. The van der Waals surface area contributed by atoms with Crippen LogP contribution in [0.3, 0.4) is 0 Å². The van der Waals surface area contributed by atoms with Crippen LogP contribution in [0.25, 0.3) is 0 Å². The van der Waals surface area contributed by atoms with Crippen molar-refractivity contribution in [3.63, 3.8) is 0 Å². The first-order chi connectivity index (χ1) is 8.74. The fraction of sp³-hybridized carbons (Fsp3) is 0.231. The highest BCUT2D eigenvalue weighted by Crippen LogP contribution is 2.29. The Balaban J connectivity index is 2.20. The first kappa shape index (κ1) is 12.9. The van der Waals surface area contributed by atoms with E-state index in [1.165, 1.54) is 0 Å². The number of rotatable bonds is 4. The molecule has 0 radical (unpaired) electrons. The first-order valence-corrected chi connectivity index (χ1v) is 6.86. The fourth-order valence-corrected chi connectivity index (χ4v) is 2.64. The predicted octanol–water partition coefficient (Wildman–Crippen LogP) is 4.23. The van der Waals surface area contributed by atoms with Crippen LogP contribution in [0, 0.1) is 11.3 Å². The summed E-state index contributed by atoms with van der Waals surface area (Å²) in [5, 5.41) is 15.7. The second-order valence-corrected chi connectivity index (χ2v) is 5.12. The number of halogens is 1. The molecule has 0 fully saturated rings. The molecule has 1 aromatic heterocycles. The summed E-state index contributed by atoms with van der Waals surface area (Å²) in [5.74, 6) is 0. The Morgan fingerprint density at radius 1 is 1.56 bits per heavy atom. The van der Waals surface area contributed by atoms with Gasteiger partial charge >= 0.3 is 0 Å². The van der Waals surface area contributed by atoms with E-state index in [1.54, 1.807) is 29.7 Å². The van der Waals surface area contributed by atoms with Crippen molar-refractivity contribution < 1.29 is 0 Å². The van der Waals surface area contributed by atoms with E-state index in [0.29, 0.717) is 10.6 Å². The van der Waals surface area contributed by atoms with Gasteiger partial charge in [-0.3, -0.25) is 0 Å². The number of nitrogens with one attached hydrogen (secondary N) is 1. The average Bonchev–Trinajstić information content (AvgIpc) is 2.91. The molecule has 0 spiro atoms. The van der Waals surface area contributed by atoms with E-state index in [0.717, 1.165) is 17.1 Å². The third-order valence-electron chi connectivity index (χ3n) is 2.59. The zero-order valence-electron chi connectivity index (χ0n) is 9.85. The molecule has 1 aromatic carbocycles. The first-order valence-electron chi connectivity index (χ1n) is 5.60. The lowest BCUT2D eigenvalue weighted by Crippen LogP contribution is -2.09. The second-order valence-electron chi connectivity index (χ2n) is 3.78. The summed E-state index contributed by atoms with van der Waals surface area (Å²) in [6, 6.07) is 7.46. The van der Waals surface area contributed by atoms with Gasteiger partial charge in [0.1, 0.15) is 5.01 Å². The molecular weight excluding hydrogens is 266 g/mol. The topological polar surface area (TPSA) is 48.7 Å². The van der Waals surface area contributed by atoms with Crippen molar-refractivity contribution in [2.24, 2.45) is 0 Å². The van der Waals surface area contributed by atoms with E-state index >= 15 is 0 Å². The van der Waals surface area contributed by atoms with Gasteiger partial charge in [0, 0.05) is 11.6 Å². The summed E-state index contributed by atoms with van der Waals surface area (Å²) in [5.41, 5.74) is 1.39. The molecule has 5 heteroatoms. The van der Waals surface area contributed by atoms with Crippen LogP contribution in [0.5, 0.6) is 0 Å². The Kier molecular flexibility index (Phi) is 4.19. The molecule has 0 amide bonds. The lowest BCUT2D eigenvalue weighted by Gasteiger charge is -2.16. The SMILES string of the molecule is CCC(Nc1ccc(C#N)cc1Cl)c1nccs1. The standard InChI is InChI=1S/C13H12ClN3S/c1-2-11(13-16-5-6-18-13)17-12-4-3-9(8-15)7-10(12)14/h3-7,11,17H,2H2,1H3. The van der Waals surface area contributed by atoms with Gasteiger partial charge in [0.05, 0.1) is 28.4 Å². The molecule has 0 aliphatic rings. The van der Waals surface area contributed by atoms with Gasteiger partial charge < -0.3 is 5.32 Å². The van der Waals surface area contributed by atoms with Crippen molar-refractivity contribution in [1.82, 2.24) is 4.98 Å². The molecule has 0 saturated carbocycles. The Morgan fingerprint density at radius 3 is 2.94 bits per heavy atom. The molecule has 1 N–H and O–H groups in total. The van der Waals surface area contributed by atoms with Crippen LogP contribution >= 0.6 is 22.9 Å². The summed E-state index contributed by atoms with van der Waals surface area (Å²) >= 11 is 7.76. The summed E-state index contributed by atoms with van der Waals surface area (Å²) < 4.78 is 0. The van der Waals surface area contributed by atoms with E-state index in [-0.39, 0.29) is 6.04 Å². The summed E-state index contributed by atoms with van der Waals surface area (Å²) in [4.78, 5) is 4.31. The highest BCUT2D eigenvalue weighted by Gasteiger charge is 2.13. The number of hydrogen-bond acceptors (Lipinski definition) is 4. The largest absolute Gasteiger partial charge is 0.375 e. The molecule has 18 heavy (non-hydrogen) atoms. The molecule has 3 nitrogen and oxygen atoms in total. The van der Waals surface area contributed by atoms with Crippen molar-refractivity contribution >= 4 is 28.6 Å². The predicted molar refractivity (Wildman–Crippen MR) is 74.9 cm³/mol. The molecule has 0 aliphatic carbocycles. The van der Waals surface area contributed by atoms with Gasteiger partial charge in [0.25, 0.3) is 0 Å². The molecule has 2 aromatic rings. The number of hydrogen-bond donors (Lipinski definition) is 1. The molecule has 1 unspecified atom stereocenters. The van der Waals surface area contributed by atoms with Gasteiger partial charge in [-0.2, -0.15) is 5.26 Å². The van der Waals surface area contributed by atoms with Crippen molar-refractivity contribution in [1.29, 1.82) is 5.26 Å². The lowest BCUT2D eigenvalue weighted by molar-refractivity contribution is 0.742. The van der Waals surface area contributed by atoms with Crippen molar-refractivity contribution in [3.8, 4) is 6.07 Å². The number of nitriles is 1. The number of benzene rings is 1.